The van der Waals surface area contributed by atoms with Crippen molar-refractivity contribution in [2.24, 2.45) is 0 Å². The lowest BCUT2D eigenvalue weighted by molar-refractivity contribution is -0.117. The van der Waals surface area contributed by atoms with Gasteiger partial charge in [0.2, 0.25) is 18.2 Å². The van der Waals surface area contributed by atoms with Crippen molar-refractivity contribution in [3.05, 3.63) is 58.5 Å². The first-order chi connectivity index (χ1) is 19.3. The Kier molecular flexibility index (Phi) is 8.17. The van der Waals surface area contributed by atoms with Crippen LogP contribution < -0.4 is 29.9 Å². The highest BCUT2D eigenvalue weighted by molar-refractivity contribution is 6.41. The predicted molar refractivity (Wildman–Crippen MR) is 149 cm³/mol. The van der Waals surface area contributed by atoms with Crippen molar-refractivity contribution in [1.82, 2.24) is 25.5 Å². The monoisotopic (exact) mass is 590 g/mol. The number of fused-ring (bicyclic) bond motifs is 1. The summed E-state index contributed by atoms with van der Waals surface area (Å²) in [7, 11) is 2.96. The second-order valence-corrected chi connectivity index (χ2v) is 9.85. The third-order valence-corrected chi connectivity index (χ3v) is 7.39. The zero-order valence-corrected chi connectivity index (χ0v) is 23.2. The quantitative estimate of drug-likeness (QED) is 0.272. The highest BCUT2D eigenvalue weighted by Gasteiger charge is 2.37. The number of hydrogen-bond acceptors (Lipinski definition) is 11. The zero-order valence-electron chi connectivity index (χ0n) is 21.7. The van der Waals surface area contributed by atoms with Gasteiger partial charge in [-0.05, 0) is 12.1 Å². The molecule has 4 N–H and O–H groups in total. The van der Waals surface area contributed by atoms with Crippen LogP contribution in [-0.4, -0.2) is 77.0 Å². The van der Waals surface area contributed by atoms with E-state index in [2.05, 4.69) is 32.4 Å². The number of halogens is 2. The van der Waals surface area contributed by atoms with Gasteiger partial charge < -0.3 is 39.8 Å². The van der Waals surface area contributed by atoms with Gasteiger partial charge in [-0.15, -0.1) is 0 Å². The highest BCUT2D eigenvalue weighted by atomic mass is 35.5. The summed E-state index contributed by atoms with van der Waals surface area (Å²) < 4.78 is 16.4. The van der Waals surface area contributed by atoms with Crippen molar-refractivity contribution < 1.29 is 24.1 Å². The minimum atomic E-state index is -1.25. The Balaban J connectivity index is 1.51. The number of ether oxygens (including phenoxy) is 3. The second kappa shape index (κ2) is 11.8. The number of nitrogens with one attached hydrogen (secondary N) is 3. The number of benzene rings is 1. The summed E-state index contributed by atoms with van der Waals surface area (Å²) in [4.78, 5) is 24.4. The van der Waals surface area contributed by atoms with Gasteiger partial charge in [-0.2, -0.15) is 10.1 Å². The molecule has 1 amide bonds. The zero-order chi connectivity index (χ0) is 28.4. The van der Waals surface area contributed by atoms with Crippen LogP contribution in [0.3, 0.4) is 0 Å². The summed E-state index contributed by atoms with van der Waals surface area (Å²) in [6.45, 7) is 4.59. The summed E-state index contributed by atoms with van der Waals surface area (Å²) in [6.07, 6.45) is 3.24. The molecule has 13 nitrogen and oxygen atoms in total. The molecule has 2 aliphatic heterocycles. The van der Waals surface area contributed by atoms with Crippen molar-refractivity contribution in [2.75, 3.05) is 42.5 Å². The number of carbonyl (C=O) groups excluding carboxylic acids is 1. The lowest BCUT2D eigenvalue weighted by Crippen LogP contribution is -2.52. The molecule has 5 rings (SSSR count). The van der Waals surface area contributed by atoms with Crippen LogP contribution in [0.2, 0.25) is 10.0 Å². The van der Waals surface area contributed by atoms with Crippen molar-refractivity contribution in [3.8, 4) is 11.5 Å². The molecule has 0 aliphatic carbocycles. The first kappa shape index (κ1) is 27.8. The molecule has 212 valence electrons. The van der Waals surface area contributed by atoms with Crippen LogP contribution in [0.5, 0.6) is 11.5 Å². The predicted octanol–water partition coefficient (Wildman–Crippen LogP) is 2.31. The number of aromatic amines is 1. The molecule has 15 heteroatoms. The Morgan fingerprint density at radius 3 is 2.65 bits per heavy atom. The summed E-state index contributed by atoms with van der Waals surface area (Å²) in [6, 6.07) is 2.82. The van der Waals surface area contributed by atoms with Gasteiger partial charge in [-0.3, -0.25) is 9.89 Å². The van der Waals surface area contributed by atoms with E-state index in [9.17, 15) is 9.90 Å². The van der Waals surface area contributed by atoms with E-state index in [1.807, 2.05) is 0 Å². The number of methoxy groups -OCH3 is 2. The molecule has 0 spiro atoms. The van der Waals surface area contributed by atoms with Gasteiger partial charge in [-0.1, -0.05) is 29.8 Å². The van der Waals surface area contributed by atoms with Gasteiger partial charge in [0.15, 0.2) is 0 Å². The number of carbonyl (C=O) groups is 1. The SMILES string of the molecule is C=CC(=O)NC1COCC1Nc1ncc2c(n1)N(Cc1ccn[nH]1)C(O)N(c1c(Cl)c(OC)cc(OC)c1Cl)C2. The normalized spacial score (nSPS) is 20.2. The Labute approximate surface area is 240 Å². The molecule has 0 saturated carbocycles. The number of aliphatic hydroxyl groups is 1. The average molecular weight is 591 g/mol. The van der Waals surface area contributed by atoms with Crippen LogP contribution in [0.1, 0.15) is 11.3 Å². The first-order valence-electron chi connectivity index (χ1n) is 12.3. The fourth-order valence-electron chi connectivity index (χ4n) is 4.65. The van der Waals surface area contributed by atoms with E-state index in [0.29, 0.717) is 47.7 Å². The van der Waals surface area contributed by atoms with Gasteiger partial charge in [0.1, 0.15) is 27.4 Å². The number of hydrogen-bond donors (Lipinski definition) is 4. The molecule has 3 atom stereocenters. The van der Waals surface area contributed by atoms with Crippen LogP contribution in [0, 0.1) is 0 Å². The molecule has 1 fully saturated rings. The number of anilines is 3. The fraction of sp³-hybridized carbons (Fsp3) is 0.360. The van der Waals surface area contributed by atoms with E-state index in [-0.39, 0.29) is 41.1 Å². The summed E-state index contributed by atoms with van der Waals surface area (Å²) in [5.41, 5.74) is 1.76. The van der Waals surface area contributed by atoms with Gasteiger partial charge in [-0.25, -0.2) is 4.98 Å². The molecule has 1 saturated heterocycles. The summed E-state index contributed by atoms with van der Waals surface area (Å²) in [5.74, 6) is 1.17. The fourth-order valence-corrected chi connectivity index (χ4v) is 5.37. The largest absolute Gasteiger partial charge is 0.495 e. The van der Waals surface area contributed by atoms with Gasteiger partial charge >= 0.3 is 0 Å². The number of aliphatic hydroxyl groups excluding tert-OH is 1. The molecular formula is C25H28Cl2N8O5. The maximum atomic E-state index is 11.8. The van der Waals surface area contributed by atoms with Crippen LogP contribution in [0.15, 0.2) is 37.2 Å². The minimum Gasteiger partial charge on any atom is -0.495 e. The third kappa shape index (κ3) is 5.32. The molecule has 4 heterocycles. The van der Waals surface area contributed by atoms with Crippen LogP contribution in [0.25, 0.3) is 0 Å². The Morgan fingerprint density at radius 1 is 1.27 bits per heavy atom. The maximum Gasteiger partial charge on any atom is 0.243 e. The second-order valence-electron chi connectivity index (χ2n) is 9.09. The minimum absolute atomic E-state index is 0.177. The van der Waals surface area contributed by atoms with E-state index in [1.165, 1.54) is 20.3 Å². The molecule has 0 bridgehead atoms. The van der Waals surface area contributed by atoms with Crippen LogP contribution in [-0.2, 0) is 22.6 Å². The smallest absolute Gasteiger partial charge is 0.243 e. The number of nitrogens with zero attached hydrogens (tertiary/aromatic N) is 5. The average Bonchev–Trinajstić information content (AvgIpc) is 3.63. The maximum absolute atomic E-state index is 11.8. The molecule has 3 unspecified atom stereocenters. The van der Waals surface area contributed by atoms with Gasteiger partial charge in [0.05, 0.1) is 64.0 Å². The van der Waals surface area contributed by atoms with E-state index >= 15 is 0 Å². The summed E-state index contributed by atoms with van der Waals surface area (Å²) in [5, 5.41) is 25.2. The lowest BCUT2D eigenvalue weighted by Gasteiger charge is -2.43. The molecule has 40 heavy (non-hydrogen) atoms. The van der Waals surface area contributed by atoms with E-state index in [0.717, 1.165) is 5.69 Å². The Hall–Kier alpha value is -3.78. The van der Waals surface area contributed by atoms with Crippen molar-refractivity contribution in [1.29, 1.82) is 0 Å². The van der Waals surface area contributed by atoms with Gasteiger partial charge in [0, 0.05) is 24.0 Å². The first-order valence-corrected chi connectivity index (χ1v) is 13.0. The molecule has 3 aromatic rings. The Morgan fingerprint density at radius 2 is 2.00 bits per heavy atom. The number of aromatic nitrogens is 4. The molecule has 1 aromatic carbocycles. The van der Waals surface area contributed by atoms with E-state index in [1.54, 1.807) is 34.3 Å². The van der Waals surface area contributed by atoms with Crippen molar-refractivity contribution in [2.45, 2.75) is 31.5 Å². The number of rotatable bonds is 9. The number of H-pyrrole nitrogens is 1. The highest BCUT2D eigenvalue weighted by Crippen LogP contribution is 2.48. The van der Waals surface area contributed by atoms with E-state index in [4.69, 9.17) is 42.4 Å². The standard InChI is InChI=1S/C25H28Cl2N8O5/c1-4-19(36)30-15-11-40-12-16(15)31-24-28-8-13-9-34(22-20(26)17(38-2)7-18(39-3)21(22)27)25(37)35(23(13)32-24)10-14-5-6-29-33-14/h4-8,15-16,25,37H,1,9-12H2,2-3H3,(H,29,33)(H,30,36)(H,28,31,32). The molecule has 2 aliphatic rings. The molecule has 0 radical (unpaired) electrons. The third-order valence-electron chi connectivity index (χ3n) is 6.66. The topological polar surface area (TPSA) is 150 Å². The van der Waals surface area contributed by atoms with Gasteiger partial charge in [0.25, 0.3) is 0 Å². The van der Waals surface area contributed by atoms with Crippen LogP contribution >= 0.6 is 23.2 Å². The Bertz CT molecular complexity index is 1360. The molecular weight excluding hydrogens is 563 g/mol. The summed E-state index contributed by atoms with van der Waals surface area (Å²) >= 11 is 13.4. The molecule has 2 aromatic heterocycles. The number of amides is 1. The van der Waals surface area contributed by atoms with Crippen molar-refractivity contribution >= 4 is 46.6 Å². The van der Waals surface area contributed by atoms with Crippen LogP contribution in [0.4, 0.5) is 17.5 Å². The lowest BCUT2D eigenvalue weighted by atomic mass is 10.1. The van der Waals surface area contributed by atoms with Crippen molar-refractivity contribution in [3.63, 3.8) is 0 Å². The van der Waals surface area contributed by atoms with E-state index < -0.39 is 6.35 Å².